The van der Waals surface area contributed by atoms with E-state index in [2.05, 4.69) is 5.32 Å². The number of likely N-dealkylation sites (tertiary alicyclic amines) is 1. The van der Waals surface area contributed by atoms with Gasteiger partial charge in [-0.2, -0.15) is 0 Å². The first kappa shape index (κ1) is 16.0. The number of carbonyl (C=O) groups is 2. The molecule has 1 aromatic carbocycles. The summed E-state index contributed by atoms with van der Waals surface area (Å²) in [4.78, 5) is 28.0. The second kappa shape index (κ2) is 7.10. The van der Waals surface area contributed by atoms with Crippen LogP contribution in [0.1, 0.15) is 25.7 Å². The Morgan fingerprint density at radius 2 is 2.09 bits per heavy atom. The topological polar surface area (TPSA) is 72.9 Å². The predicted molar refractivity (Wildman–Crippen MR) is 88.3 cm³/mol. The Morgan fingerprint density at radius 3 is 2.83 bits per heavy atom. The zero-order chi connectivity index (χ0) is 16.2. The Bertz CT molecular complexity index is 590. The quantitative estimate of drug-likeness (QED) is 0.856. The lowest BCUT2D eigenvalue weighted by Gasteiger charge is -2.23. The SMILES string of the molecule is O=C(CN1CCCC1CO)Nc1ccccc1N1CCCC1=O. The number of hydrogen-bond donors (Lipinski definition) is 2. The molecule has 2 N–H and O–H groups in total. The molecule has 6 heteroatoms. The summed E-state index contributed by atoms with van der Waals surface area (Å²) in [6.45, 7) is 1.90. The molecule has 0 aliphatic carbocycles. The van der Waals surface area contributed by atoms with E-state index < -0.39 is 0 Å². The van der Waals surface area contributed by atoms with E-state index in [1.807, 2.05) is 29.2 Å². The smallest absolute Gasteiger partial charge is 0.238 e. The van der Waals surface area contributed by atoms with Crippen LogP contribution in [0.25, 0.3) is 0 Å². The van der Waals surface area contributed by atoms with Crippen molar-refractivity contribution in [2.75, 3.05) is 36.5 Å². The van der Waals surface area contributed by atoms with E-state index in [0.29, 0.717) is 18.7 Å². The standard InChI is InChI=1S/C17H23N3O3/c21-12-13-5-3-9-19(13)11-16(22)18-14-6-1-2-7-15(14)20-10-4-8-17(20)23/h1-2,6-7,13,21H,3-5,8-12H2,(H,18,22). The summed E-state index contributed by atoms with van der Waals surface area (Å²) in [6.07, 6.45) is 3.36. The van der Waals surface area contributed by atoms with Gasteiger partial charge in [-0.3, -0.25) is 14.5 Å². The molecule has 124 valence electrons. The van der Waals surface area contributed by atoms with Crippen molar-refractivity contribution in [1.82, 2.24) is 4.90 Å². The highest BCUT2D eigenvalue weighted by Crippen LogP contribution is 2.29. The number of amides is 2. The summed E-state index contributed by atoms with van der Waals surface area (Å²) in [6, 6.07) is 7.50. The fraction of sp³-hybridized carbons (Fsp3) is 0.529. The number of anilines is 2. The highest BCUT2D eigenvalue weighted by atomic mass is 16.3. The van der Waals surface area contributed by atoms with Crippen LogP contribution in [0, 0.1) is 0 Å². The third-order valence-electron chi connectivity index (χ3n) is 4.60. The Balaban J connectivity index is 1.68. The molecule has 2 saturated heterocycles. The molecule has 0 bridgehead atoms. The molecule has 1 aromatic rings. The molecule has 3 rings (SSSR count). The predicted octanol–water partition coefficient (Wildman–Crippen LogP) is 1.21. The zero-order valence-corrected chi connectivity index (χ0v) is 13.2. The lowest BCUT2D eigenvalue weighted by Crippen LogP contribution is -2.38. The van der Waals surface area contributed by atoms with Gasteiger partial charge in [0.25, 0.3) is 0 Å². The zero-order valence-electron chi connectivity index (χ0n) is 13.2. The van der Waals surface area contributed by atoms with E-state index in [1.54, 1.807) is 4.90 Å². The average Bonchev–Trinajstić information content (AvgIpc) is 3.16. The van der Waals surface area contributed by atoms with Crippen molar-refractivity contribution < 1.29 is 14.7 Å². The Hall–Kier alpha value is -1.92. The van der Waals surface area contributed by atoms with Crippen LogP contribution < -0.4 is 10.2 Å². The van der Waals surface area contributed by atoms with E-state index in [0.717, 1.165) is 31.5 Å². The van der Waals surface area contributed by atoms with Gasteiger partial charge in [-0.25, -0.2) is 0 Å². The van der Waals surface area contributed by atoms with Crippen molar-refractivity contribution in [3.8, 4) is 0 Å². The lowest BCUT2D eigenvalue weighted by molar-refractivity contribution is -0.118. The van der Waals surface area contributed by atoms with E-state index in [1.165, 1.54) is 0 Å². The van der Waals surface area contributed by atoms with Gasteiger partial charge in [0.05, 0.1) is 24.5 Å². The first-order valence-corrected chi connectivity index (χ1v) is 8.23. The Kier molecular flexibility index (Phi) is 4.93. The van der Waals surface area contributed by atoms with Crippen LogP contribution in [0.2, 0.25) is 0 Å². The highest BCUT2D eigenvalue weighted by Gasteiger charge is 2.27. The molecule has 2 amide bonds. The van der Waals surface area contributed by atoms with Gasteiger partial charge in [0.15, 0.2) is 0 Å². The molecule has 2 fully saturated rings. The van der Waals surface area contributed by atoms with Crippen LogP contribution in [0.3, 0.4) is 0 Å². The van der Waals surface area contributed by atoms with Gasteiger partial charge in [-0.05, 0) is 37.9 Å². The van der Waals surface area contributed by atoms with Crippen LogP contribution in [0.5, 0.6) is 0 Å². The largest absolute Gasteiger partial charge is 0.395 e. The monoisotopic (exact) mass is 317 g/mol. The lowest BCUT2D eigenvalue weighted by atomic mass is 10.2. The number of nitrogens with one attached hydrogen (secondary N) is 1. The van der Waals surface area contributed by atoms with E-state index in [4.69, 9.17) is 0 Å². The van der Waals surface area contributed by atoms with E-state index in [9.17, 15) is 14.7 Å². The van der Waals surface area contributed by atoms with Gasteiger partial charge in [-0.1, -0.05) is 12.1 Å². The van der Waals surface area contributed by atoms with Crippen molar-refractivity contribution in [3.05, 3.63) is 24.3 Å². The number of carbonyl (C=O) groups excluding carboxylic acids is 2. The number of para-hydroxylation sites is 2. The summed E-state index contributed by atoms with van der Waals surface area (Å²) < 4.78 is 0. The fourth-order valence-corrected chi connectivity index (χ4v) is 3.40. The second-order valence-electron chi connectivity index (χ2n) is 6.16. The van der Waals surface area contributed by atoms with Gasteiger partial charge in [-0.15, -0.1) is 0 Å². The average molecular weight is 317 g/mol. The second-order valence-corrected chi connectivity index (χ2v) is 6.16. The number of aliphatic hydroxyl groups excluding tert-OH is 1. The first-order valence-electron chi connectivity index (χ1n) is 8.23. The first-order chi connectivity index (χ1) is 11.2. The molecule has 2 heterocycles. The van der Waals surface area contributed by atoms with Crippen molar-refractivity contribution in [3.63, 3.8) is 0 Å². The molecule has 0 radical (unpaired) electrons. The van der Waals surface area contributed by atoms with Gasteiger partial charge < -0.3 is 15.3 Å². The van der Waals surface area contributed by atoms with Crippen LogP contribution >= 0.6 is 0 Å². The van der Waals surface area contributed by atoms with Crippen molar-refractivity contribution >= 4 is 23.2 Å². The maximum Gasteiger partial charge on any atom is 0.238 e. The maximum absolute atomic E-state index is 12.3. The van der Waals surface area contributed by atoms with Gasteiger partial charge in [0, 0.05) is 19.0 Å². The summed E-state index contributed by atoms with van der Waals surface area (Å²) in [5.74, 6) is -0.00367. The minimum Gasteiger partial charge on any atom is -0.395 e. The normalized spacial score (nSPS) is 21.9. The summed E-state index contributed by atoms with van der Waals surface area (Å²) in [5, 5.41) is 12.3. The molecule has 0 spiro atoms. The summed E-state index contributed by atoms with van der Waals surface area (Å²) >= 11 is 0. The van der Waals surface area contributed by atoms with Crippen LogP contribution in [0.4, 0.5) is 11.4 Å². The van der Waals surface area contributed by atoms with Crippen molar-refractivity contribution in [2.24, 2.45) is 0 Å². The Labute approximate surface area is 136 Å². The molecule has 0 saturated carbocycles. The van der Waals surface area contributed by atoms with Crippen LogP contribution in [-0.2, 0) is 9.59 Å². The molecule has 23 heavy (non-hydrogen) atoms. The van der Waals surface area contributed by atoms with E-state index >= 15 is 0 Å². The fourth-order valence-electron chi connectivity index (χ4n) is 3.40. The summed E-state index contributed by atoms with van der Waals surface area (Å²) in [5.41, 5.74) is 1.44. The molecule has 0 aromatic heterocycles. The molecule has 1 atom stereocenters. The molecular weight excluding hydrogens is 294 g/mol. The minimum atomic E-state index is -0.107. The molecule has 6 nitrogen and oxygen atoms in total. The molecule has 2 aliphatic heterocycles. The molecule has 1 unspecified atom stereocenters. The number of hydrogen-bond acceptors (Lipinski definition) is 4. The van der Waals surface area contributed by atoms with Crippen LogP contribution in [0.15, 0.2) is 24.3 Å². The third-order valence-corrected chi connectivity index (χ3v) is 4.60. The Morgan fingerprint density at radius 1 is 1.26 bits per heavy atom. The molecule has 2 aliphatic rings. The van der Waals surface area contributed by atoms with Crippen molar-refractivity contribution in [2.45, 2.75) is 31.7 Å². The van der Waals surface area contributed by atoms with Crippen molar-refractivity contribution in [1.29, 1.82) is 0 Å². The van der Waals surface area contributed by atoms with Gasteiger partial charge >= 0.3 is 0 Å². The van der Waals surface area contributed by atoms with Gasteiger partial charge in [0.2, 0.25) is 11.8 Å². The molecular formula is C17H23N3O3. The summed E-state index contributed by atoms with van der Waals surface area (Å²) in [7, 11) is 0. The minimum absolute atomic E-state index is 0.0798. The highest BCUT2D eigenvalue weighted by molar-refractivity contribution is 6.02. The number of benzene rings is 1. The number of rotatable bonds is 5. The van der Waals surface area contributed by atoms with E-state index in [-0.39, 0.29) is 31.0 Å². The number of aliphatic hydroxyl groups is 1. The number of nitrogens with zero attached hydrogens (tertiary/aromatic N) is 2. The van der Waals surface area contributed by atoms with Crippen LogP contribution in [-0.4, -0.2) is 54.1 Å². The third kappa shape index (κ3) is 3.54. The van der Waals surface area contributed by atoms with Gasteiger partial charge in [0.1, 0.15) is 0 Å². The maximum atomic E-state index is 12.3.